The summed E-state index contributed by atoms with van der Waals surface area (Å²) >= 11 is 0. The molecule has 0 spiro atoms. The Kier molecular flexibility index (Phi) is 7.76. The van der Waals surface area contributed by atoms with Crippen molar-refractivity contribution in [3.8, 4) is 0 Å². The first-order valence-electron chi connectivity index (χ1n) is 10.5. The number of aryl methyl sites for hydroxylation is 2. The van der Waals surface area contributed by atoms with Crippen molar-refractivity contribution in [3.05, 3.63) is 107 Å². The second-order valence-electron chi connectivity index (χ2n) is 7.65. The number of hydrogen-bond acceptors (Lipinski definition) is 4. The molecule has 0 bridgehead atoms. The average molecular weight is 443 g/mol. The first-order valence-corrected chi connectivity index (χ1v) is 10.5. The molecule has 33 heavy (non-hydrogen) atoms. The molecule has 168 valence electrons. The Morgan fingerprint density at radius 1 is 0.879 bits per heavy atom. The minimum absolute atomic E-state index is 0.0610. The van der Waals surface area contributed by atoms with Crippen LogP contribution in [0.25, 0.3) is 6.08 Å². The van der Waals surface area contributed by atoms with Gasteiger partial charge in [-0.1, -0.05) is 72.8 Å². The molecule has 1 atom stereocenters. The molecule has 6 nitrogen and oxygen atoms in total. The molecule has 0 saturated heterocycles. The number of amides is 2. The SMILES string of the molecule is CC(=O)N/C(=C\c1ccccc1)C(=O)OC(C(=O)Nc1cc(C)ccc1C)c1ccccc1. The Labute approximate surface area is 193 Å². The lowest BCUT2D eigenvalue weighted by atomic mass is 10.1. The van der Waals surface area contributed by atoms with E-state index >= 15 is 0 Å². The molecule has 0 fully saturated rings. The Morgan fingerprint density at radius 2 is 1.52 bits per heavy atom. The zero-order valence-electron chi connectivity index (χ0n) is 18.8. The van der Waals surface area contributed by atoms with Crippen LogP contribution in [0.15, 0.2) is 84.6 Å². The van der Waals surface area contributed by atoms with Crippen LogP contribution in [0.1, 0.15) is 35.3 Å². The van der Waals surface area contributed by atoms with E-state index in [-0.39, 0.29) is 5.70 Å². The number of rotatable bonds is 7. The summed E-state index contributed by atoms with van der Waals surface area (Å²) in [5, 5.41) is 5.37. The number of esters is 1. The molecule has 0 saturated carbocycles. The zero-order chi connectivity index (χ0) is 23.8. The summed E-state index contributed by atoms with van der Waals surface area (Å²) in [4.78, 5) is 38.0. The maximum Gasteiger partial charge on any atom is 0.355 e. The van der Waals surface area contributed by atoms with Crippen LogP contribution in [-0.4, -0.2) is 17.8 Å². The molecular formula is C27H26N2O4. The van der Waals surface area contributed by atoms with Crippen molar-refractivity contribution < 1.29 is 19.1 Å². The highest BCUT2D eigenvalue weighted by Crippen LogP contribution is 2.24. The van der Waals surface area contributed by atoms with Crippen molar-refractivity contribution in [1.82, 2.24) is 5.32 Å². The summed E-state index contributed by atoms with van der Waals surface area (Å²) in [6, 6.07) is 23.5. The van der Waals surface area contributed by atoms with Gasteiger partial charge < -0.3 is 15.4 Å². The topological polar surface area (TPSA) is 84.5 Å². The Balaban J connectivity index is 1.91. The summed E-state index contributed by atoms with van der Waals surface area (Å²) in [5.74, 6) is -1.74. The number of benzene rings is 3. The lowest BCUT2D eigenvalue weighted by Gasteiger charge is -2.20. The fraction of sp³-hybridized carbons (Fsp3) is 0.148. The predicted octanol–water partition coefficient (Wildman–Crippen LogP) is 4.70. The van der Waals surface area contributed by atoms with E-state index in [1.165, 1.54) is 13.0 Å². The van der Waals surface area contributed by atoms with E-state index in [1.54, 1.807) is 36.4 Å². The Bertz CT molecular complexity index is 1170. The molecule has 6 heteroatoms. The largest absolute Gasteiger partial charge is 0.443 e. The van der Waals surface area contributed by atoms with Crippen molar-refractivity contribution in [3.63, 3.8) is 0 Å². The number of ether oxygens (including phenoxy) is 1. The van der Waals surface area contributed by atoms with Gasteiger partial charge in [-0.05, 0) is 42.7 Å². The molecule has 0 aliphatic heterocycles. The third-order valence-corrected chi connectivity index (χ3v) is 4.86. The molecule has 3 rings (SSSR count). The molecule has 2 amide bonds. The van der Waals surface area contributed by atoms with Gasteiger partial charge in [-0.2, -0.15) is 0 Å². The molecule has 2 N–H and O–H groups in total. The number of carbonyl (C=O) groups excluding carboxylic acids is 3. The summed E-state index contributed by atoms with van der Waals surface area (Å²) in [7, 11) is 0. The molecule has 3 aromatic carbocycles. The summed E-state index contributed by atoms with van der Waals surface area (Å²) in [5.41, 5.74) is 3.66. The van der Waals surface area contributed by atoms with E-state index in [0.717, 1.165) is 11.1 Å². The zero-order valence-corrected chi connectivity index (χ0v) is 18.8. The van der Waals surface area contributed by atoms with Crippen LogP contribution in [-0.2, 0) is 19.1 Å². The molecule has 0 aromatic heterocycles. The van der Waals surface area contributed by atoms with Crippen LogP contribution >= 0.6 is 0 Å². The standard InChI is InChI=1S/C27H26N2O4/c1-18-14-15-19(2)23(16-18)29-26(31)25(22-12-8-5-9-13-22)33-27(32)24(28-20(3)30)17-21-10-6-4-7-11-21/h4-17,25H,1-3H3,(H,28,30)(H,29,31)/b24-17-. The van der Waals surface area contributed by atoms with Gasteiger partial charge in [0.1, 0.15) is 5.70 Å². The highest BCUT2D eigenvalue weighted by molar-refractivity contribution is 6.01. The van der Waals surface area contributed by atoms with Gasteiger partial charge >= 0.3 is 5.97 Å². The van der Waals surface area contributed by atoms with E-state index in [0.29, 0.717) is 16.8 Å². The fourth-order valence-corrected chi connectivity index (χ4v) is 3.19. The maximum absolute atomic E-state index is 13.2. The molecule has 0 radical (unpaired) electrons. The third-order valence-electron chi connectivity index (χ3n) is 4.86. The molecule has 0 heterocycles. The second kappa shape index (κ2) is 10.9. The van der Waals surface area contributed by atoms with Crippen molar-refractivity contribution in [2.45, 2.75) is 26.9 Å². The molecule has 0 aliphatic carbocycles. The smallest absolute Gasteiger partial charge is 0.355 e. The van der Waals surface area contributed by atoms with Crippen LogP contribution in [0.2, 0.25) is 0 Å². The van der Waals surface area contributed by atoms with Gasteiger partial charge in [-0.15, -0.1) is 0 Å². The van der Waals surface area contributed by atoms with Crippen LogP contribution in [0.3, 0.4) is 0 Å². The highest BCUT2D eigenvalue weighted by Gasteiger charge is 2.27. The lowest BCUT2D eigenvalue weighted by molar-refractivity contribution is -0.151. The third kappa shape index (κ3) is 6.64. The second-order valence-corrected chi connectivity index (χ2v) is 7.65. The first-order chi connectivity index (χ1) is 15.8. The van der Waals surface area contributed by atoms with Crippen LogP contribution in [0.5, 0.6) is 0 Å². The summed E-state index contributed by atoms with van der Waals surface area (Å²) in [6.07, 6.45) is 0.292. The summed E-state index contributed by atoms with van der Waals surface area (Å²) in [6.45, 7) is 5.11. The van der Waals surface area contributed by atoms with Crippen LogP contribution < -0.4 is 10.6 Å². The summed E-state index contributed by atoms with van der Waals surface area (Å²) < 4.78 is 5.64. The Hall–Kier alpha value is -4.19. The van der Waals surface area contributed by atoms with Gasteiger partial charge in [-0.25, -0.2) is 4.79 Å². The average Bonchev–Trinajstić information content (AvgIpc) is 2.80. The van der Waals surface area contributed by atoms with E-state index in [9.17, 15) is 14.4 Å². The highest BCUT2D eigenvalue weighted by atomic mass is 16.5. The molecule has 0 aliphatic rings. The minimum atomic E-state index is -1.22. The minimum Gasteiger partial charge on any atom is -0.443 e. The van der Waals surface area contributed by atoms with Gasteiger partial charge in [0, 0.05) is 18.2 Å². The van der Waals surface area contributed by atoms with Gasteiger partial charge in [0.05, 0.1) is 0 Å². The van der Waals surface area contributed by atoms with E-state index in [4.69, 9.17) is 4.74 Å². The maximum atomic E-state index is 13.2. The number of hydrogen-bond donors (Lipinski definition) is 2. The quantitative estimate of drug-likeness (QED) is 0.410. The molecule has 1 unspecified atom stereocenters. The van der Waals surface area contributed by atoms with Gasteiger partial charge in [0.2, 0.25) is 12.0 Å². The van der Waals surface area contributed by atoms with E-state index in [1.807, 2.05) is 56.3 Å². The van der Waals surface area contributed by atoms with Crippen molar-refractivity contribution >= 4 is 29.5 Å². The lowest BCUT2D eigenvalue weighted by Crippen LogP contribution is -2.31. The fourth-order valence-electron chi connectivity index (χ4n) is 3.19. The van der Waals surface area contributed by atoms with Gasteiger partial charge in [0.25, 0.3) is 5.91 Å². The van der Waals surface area contributed by atoms with E-state index < -0.39 is 23.9 Å². The van der Waals surface area contributed by atoms with Gasteiger partial charge in [-0.3, -0.25) is 9.59 Å². The van der Waals surface area contributed by atoms with Crippen molar-refractivity contribution in [1.29, 1.82) is 0 Å². The number of carbonyl (C=O) groups is 3. The van der Waals surface area contributed by atoms with Gasteiger partial charge in [0.15, 0.2) is 0 Å². The number of nitrogens with one attached hydrogen (secondary N) is 2. The predicted molar refractivity (Wildman–Crippen MR) is 128 cm³/mol. The van der Waals surface area contributed by atoms with Crippen molar-refractivity contribution in [2.75, 3.05) is 5.32 Å². The monoisotopic (exact) mass is 442 g/mol. The number of anilines is 1. The Morgan fingerprint density at radius 3 is 2.15 bits per heavy atom. The van der Waals surface area contributed by atoms with Crippen molar-refractivity contribution in [2.24, 2.45) is 0 Å². The molecular weight excluding hydrogens is 416 g/mol. The molecule has 3 aromatic rings. The normalized spacial score (nSPS) is 11.9. The van der Waals surface area contributed by atoms with Crippen LogP contribution in [0, 0.1) is 13.8 Å². The van der Waals surface area contributed by atoms with Crippen LogP contribution in [0.4, 0.5) is 5.69 Å². The first kappa shape index (κ1) is 23.5. The van der Waals surface area contributed by atoms with E-state index in [2.05, 4.69) is 10.6 Å².